The minimum absolute atomic E-state index is 0.0735. The molecular formula is C21H34O2. The Bertz CT molecular complexity index is 556. The summed E-state index contributed by atoms with van der Waals surface area (Å²) in [5.74, 6) is 3.43. The third-order valence-electron chi connectivity index (χ3n) is 9.42. The first-order chi connectivity index (χ1) is 10.6. The quantitative estimate of drug-likeness (QED) is 0.676. The van der Waals surface area contributed by atoms with Gasteiger partial charge in [0, 0.05) is 5.92 Å². The van der Waals surface area contributed by atoms with E-state index in [0.29, 0.717) is 28.8 Å². The highest BCUT2D eigenvalue weighted by Crippen LogP contribution is 2.76. The minimum atomic E-state index is -0.326. The number of rotatable bonds is 1. The zero-order valence-corrected chi connectivity index (χ0v) is 15.8. The zero-order chi connectivity index (χ0) is 16.4. The average Bonchev–Trinajstić information content (AvgIpc) is 2.93. The first-order valence-electron chi connectivity index (χ1n) is 10.0. The monoisotopic (exact) mass is 318 g/mol. The highest BCUT2D eigenvalue weighted by Gasteiger charge is 2.75. The van der Waals surface area contributed by atoms with E-state index in [1.54, 1.807) is 0 Å². The van der Waals surface area contributed by atoms with Crippen LogP contribution in [0.5, 0.6) is 0 Å². The van der Waals surface area contributed by atoms with Crippen molar-refractivity contribution in [2.24, 2.45) is 40.4 Å². The molecule has 23 heavy (non-hydrogen) atoms. The predicted octanol–water partition coefficient (Wildman–Crippen LogP) is 5.02. The summed E-state index contributed by atoms with van der Waals surface area (Å²) >= 11 is 0. The number of hydrogen-bond donors (Lipinski definition) is 0. The molecule has 0 aromatic carbocycles. The molecule has 2 unspecified atom stereocenters. The van der Waals surface area contributed by atoms with Crippen LogP contribution in [0.4, 0.5) is 0 Å². The summed E-state index contributed by atoms with van der Waals surface area (Å²) < 4.78 is 13.6. The molecule has 2 nitrogen and oxygen atoms in total. The Balaban J connectivity index is 1.56. The van der Waals surface area contributed by atoms with E-state index >= 15 is 0 Å². The molecule has 1 aliphatic heterocycles. The van der Waals surface area contributed by atoms with Crippen molar-refractivity contribution in [2.75, 3.05) is 0 Å². The number of hydrogen-bond acceptors (Lipinski definition) is 2. The maximum Gasteiger partial charge on any atom is 0.169 e. The van der Waals surface area contributed by atoms with E-state index in [4.69, 9.17) is 9.47 Å². The van der Waals surface area contributed by atoms with Crippen molar-refractivity contribution in [1.82, 2.24) is 0 Å². The van der Waals surface area contributed by atoms with Gasteiger partial charge in [0.2, 0.25) is 0 Å². The summed E-state index contributed by atoms with van der Waals surface area (Å²) in [6.07, 6.45) is 7.04. The molecule has 1 heterocycles. The van der Waals surface area contributed by atoms with E-state index in [1.165, 1.54) is 32.1 Å². The van der Waals surface area contributed by atoms with Gasteiger partial charge >= 0.3 is 0 Å². The SMILES string of the molecule is CC1CC1[C@@]1(C)O[C@H]2C[C@@]34C[C@H](C(C)(C)[C@@H]3CC[C@H]4C)[C@@]2(C)O1. The van der Waals surface area contributed by atoms with Gasteiger partial charge in [-0.05, 0) is 80.5 Å². The van der Waals surface area contributed by atoms with Crippen LogP contribution in [0.25, 0.3) is 0 Å². The van der Waals surface area contributed by atoms with Gasteiger partial charge in [0.1, 0.15) is 0 Å². The average molecular weight is 319 g/mol. The van der Waals surface area contributed by atoms with Gasteiger partial charge in [0.25, 0.3) is 0 Å². The molecule has 0 aromatic heterocycles. The molecular weight excluding hydrogens is 284 g/mol. The molecule has 0 amide bonds. The summed E-state index contributed by atoms with van der Waals surface area (Å²) in [5, 5.41) is 0. The Morgan fingerprint density at radius 1 is 0.913 bits per heavy atom. The molecule has 2 bridgehead atoms. The van der Waals surface area contributed by atoms with Crippen LogP contribution in [-0.4, -0.2) is 17.5 Å². The van der Waals surface area contributed by atoms with Crippen LogP contribution in [-0.2, 0) is 9.47 Å². The molecule has 0 N–H and O–H groups in total. The molecule has 130 valence electrons. The van der Waals surface area contributed by atoms with Crippen LogP contribution in [0.3, 0.4) is 0 Å². The molecule has 2 heteroatoms. The van der Waals surface area contributed by atoms with Crippen molar-refractivity contribution in [2.45, 2.75) is 91.1 Å². The lowest BCUT2D eigenvalue weighted by molar-refractivity contribution is -0.204. The number of fused-ring (bicyclic) bond motifs is 3. The summed E-state index contributed by atoms with van der Waals surface area (Å²) in [5.41, 5.74) is 0.843. The van der Waals surface area contributed by atoms with Crippen molar-refractivity contribution >= 4 is 0 Å². The van der Waals surface area contributed by atoms with Crippen molar-refractivity contribution < 1.29 is 9.47 Å². The van der Waals surface area contributed by atoms with Gasteiger partial charge in [-0.1, -0.05) is 27.7 Å². The van der Waals surface area contributed by atoms with Crippen LogP contribution in [0.2, 0.25) is 0 Å². The fourth-order valence-corrected chi connectivity index (χ4v) is 8.07. The van der Waals surface area contributed by atoms with Gasteiger partial charge < -0.3 is 9.47 Å². The molecule has 5 aliphatic rings. The zero-order valence-electron chi connectivity index (χ0n) is 15.8. The van der Waals surface area contributed by atoms with Crippen LogP contribution < -0.4 is 0 Å². The van der Waals surface area contributed by atoms with Crippen molar-refractivity contribution in [3.05, 3.63) is 0 Å². The third kappa shape index (κ3) is 1.59. The molecule has 1 saturated heterocycles. The van der Waals surface area contributed by atoms with E-state index in [0.717, 1.165) is 17.8 Å². The largest absolute Gasteiger partial charge is 0.344 e. The highest BCUT2D eigenvalue weighted by atomic mass is 16.8. The highest BCUT2D eigenvalue weighted by molar-refractivity contribution is 5.22. The van der Waals surface area contributed by atoms with Gasteiger partial charge in [-0.15, -0.1) is 0 Å². The molecule has 1 spiro atoms. The van der Waals surface area contributed by atoms with E-state index in [-0.39, 0.29) is 11.4 Å². The molecule has 9 atom stereocenters. The summed E-state index contributed by atoms with van der Waals surface area (Å²) in [6, 6.07) is 0. The Hall–Kier alpha value is -0.0800. The van der Waals surface area contributed by atoms with Gasteiger partial charge in [-0.3, -0.25) is 0 Å². The lowest BCUT2D eigenvalue weighted by Gasteiger charge is -2.47. The predicted molar refractivity (Wildman–Crippen MR) is 90.9 cm³/mol. The third-order valence-corrected chi connectivity index (χ3v) is 9.42. The number of ether oxygens (including phenoxy) is 2. The van der Waals surface area contributed by atoms with Crippen LogP contribution in [0, 0.1) is 40.4 Å². The maximum atomic E-state index is 6.88. The van der Waals surface area contributed by atoms with Gasteiger partial charge in [-0.2, -0.15) is 0 Å². The van der Waals surface area contributed by atoms with E-state index in [1.807, 2.05) is 0 Å². The lowest BCUT2D eigenvalue weighted by atomic mass is 9.63. The minimum Gasteiger partial charge on any atom is -0.344 e. The second kappa shape index (κ2) is 4.01. The standard InChI is InChI=1S/C21H34O2/c1-12-9-14(12)20(6)22-17-11-21-10-16(19(17,5)23-20)18(3,4)15(21)8-7-13(21)2/h12-17H,7-11H2,1-6H3/t12?,13-,14?,15+,16-,17+,19-,20+,21-/m1/s1. The lowest BCUT2D eigenvalue weighted by Crippen LogP contribution is -2.52. The van der Waals surface area contributed by atoms with Crippen molar-refractivity contribution in [3.8, 4) is 0 Å². The fraction of sp³-hybridized carbons (Fsp3) is 1.00. The maximum absolute atomic E-state index is 6.88. The van der Waals surface area contributed by atoms with Gasteiger partial charge in [0.15, 0.2) is 5.79 Å². The summed E-state index contributed by atoms with van der Waals surface area (Å²) in [6.45, 7) is 14.6. The first kappa shape index (κ1) is 15.2. The summed E-state index contributed by atoms with van der Waals surface area (Å²) in [4.78, 5) is 0. The first-order valence-corrected chi connectivity index (χ1v) is 10.0. The Labute approximate surface area is 141 Å². The fourth-order valence-electron chi connectivity index (χ4n) is 8.07. The second-order valence-electron chi connectivity index (χ2n) is 10.8. The topological polar surface area (TPSA) is 18.5 Å². The Morgan fingerprint density at radius 2 is 1.61 bits per heavy atom. The molecule has 5 fully saturated rings. The van der Waals surface area contributed by atoms with E-state index in [2.05, 4.69) is 41.5 Å². The van der Waals surface area contributed by atoms with Crippen LogP contribution in [0.15, 0.2) is 0 Å². The molecule has 5 rings (SSSR count). The van der Waals surface area contributed by atoms with Gasteiger partial charge in [-0.25, -0.2) is 0 Å². The molecule has 0 radical (unpaired) electrons. The van der Waals surface area contributed by atoms with Gasteiger partial charge in [0.05, 0.1) is 11.7 Å². The van der Waals surface area contributed by atoms with Crippen molar-refractivity contribution in [3.63, 3.8) is 0 Å². The van der Waals surface area contributed by atoms with Crippen LogP contribution >= 0.6 is 0 Å². The normalized spacial score (nSPS) is 65.5. The molecule has 4 aliphatic carbocycles. The van der Waals surface area contributed by atoms with Crippen molar-refractivity contribution in [1.29, 1.82) is 0 Å². The Kier molecular flexibility index (Phi) is 2.65. The van der Waals surface area contributed by atoms with E-state index in [9.17, 15) is 0 Å². The smallest absolute Gasteiger partial charge is 0.169 e. The summed E-state index contributed by atoms with van der Waals surface area (Å²) in [7, 11) is 0. The second-order valence-corrected chi connectivity index (χ2v) is 10.8. The molecule has 4 saturated carbocycles. The molecule has 0 aromatic rings. The van der Waals surface area contributed by atoms with Crippen LogP contribution in [0.1, 0.15) is 73.6 Å². The Morgan fingerprint density at radius 3 is 2.26 bits per heavy atom. The van der Waals surface area contributed by atoms with E-state index < -0.39 is 0 Å².